The molecule has 30 heavy (non-hydrogen) atoms. The summed E-state index contributed by atoms with van der Waals surface area (Å²) < 4.78 is 13.2. The summed E-state index contributed by atoms with van der Waals surface area (Å²) in [5.74, 6) is -1.11. The van der Waals surface area contributed by atoms with E-state index < -0.39 is 5.82 Å². The number of piperazine rings is 1. The molecule has 2 aromatic rings. The smallest absolute Gasteiger partial charge is 0.254 e. The maximum absolute atomic E-state index is 13.2. The van der Waals surface area contributed by atoms with Crippen LogP contribution in [0, 0.1) is 12.4 Å². The lowest BCUT2D eigenvalue weighted by Gasteiger charge is -2.34. The van der Waals surface area contributed by atoms with Crippen LogP contribution in [0.5, 0.6) is 5.75 Å². The van der Waals surface area contributed by atoms with Gasteiger partial charge in [0.25, 0.3) is 11.8 Å². The van der Waals surface area contributed by atoms with Gasteiger partial charge in [0.15, 0.2) is 5.69 Å². The topological polar surface area (TPSA) is 89.6 Å². The standard InChI is InChI=1S/C21H20FN5O3/c1-23-18-5-2-15(3-6-18)21(30)27-10-8-26(9-11-27)14-20(29)25-24-13-16-12-17(22)4-7-19(16)28/h2-7,12-13,28H,8-11,14H2,(H,25,29)/b24-13-. The van der Waals surface area contributed by atoms with Crippen molar-refractivity contribution in [2.45, 2.75) is 0 Å². The number of carbonyl (C=O) groups is 2. The molecular weight excluding hydrogens is 389 g/mol. The van der Waals surface area contributed by atoms with E-state index in [1.54, 1.807) is 29.2 Å². The Hall–Kier alpha value is -3.77. The predicted molar refractivity (Wildman–Crippen MR) is 109 cm³/mol. The van der Waals surface area contributed by atoms with Gasteiger partial charge in [-0.15, -0.1) is 0 Å². The fourth-order valence-electron chi connectivity index (χ4n) is 3.01. The number of phenols is 1. The van der Waals surface area contributed by atoms with Crippen LogP contribution in [0.4, 0.5) is 10.1 Å². The fraction of sp³-hybridized carbons (Fsp3) is 0.238. The van der Waals surface area contributed by atoms with Gasteiger partial charge < -0.3 is 10.0 Å². The molecule has 2 aromatic carbocycles. The fourth-order valence-corrected chi connectivity index (χ4v) is 3.01. The van der Waals surface area contributed by atoms with E-state index in [1.165, 1.54) is 12.3 Å². The van der Waals surface area contributed by atoms with E-state index in [1.807, 2.05) is 4.90 Å². The lowest BCUT2D eigenvalue weighted by atomic mass is 10.1. The molecule has 1 saturated heterocycles. The largest absolute Gasteiger partial charge is 0.507 e. The first-order chi connectivity index (χ1) is 14.5. The van der Waals surface area contributed by atoms with Gasteiger partial charge in [-0.1, -0.05) is 24.3 Å². The Morgan fingerprint density at radius 2 is 1.87 bits per heavy atom. The van der Waals surface area contributed by atoms with Crippen LogP contribution in [-0.2, 0) is 4.79 Å². The second-order valence-electron chi connectivity index (χ2n) is 6.72. The van der Waals surface area contributed by atoms with Gasteiger partial charge >= 0.3 is 0 Å². The van der Waals surface area contributed by atoms with Crippen molar-refractivity contribution < 1.29 is 19.1 Å². The van der Waals surface area contributed by atoms with E-state index >= 15 is 0 Å². The molecule has 3 rings (SSSR count). The Morgan fingerprint density at radius 3 is 2.53 bits per heavy atom. The maximum Gasteiger partial charge on any atom is 0.254 e. The molecule has 0 spiro atoms. The van der Waals surface area contributed by atoms with Crippen LogP contribution < -0.4 is 5.43 Å². The molecule has 1 fully saturated rings. The number of nitrogens with zero attached hydrogens (tertiary/aromatic N) is 4. The van der Waals surface area contributed by atoms with Crippen LogP contribution in [0.3, 0.4) is 0 Å². The number of halogens is 1. The highest BCUT2D eigenvalue weighted by atomic mass is 19.1. The molecule has 1 aliphatic heterocycles. The Labute approximate surface area is 173 Å². The van der Waals surface area contributed by atoms with Crippen molar-refractivity contribution in [3.05, 3.63) is 70.8 Å². The molecular formula is C21H20FN5O3. The average molecular weight is 409 g/mol. The third-order valence-corrected chi connectivity index (χ3v) is 4.65. The predicted octanol–water partition coefficient (Wildman–Crippen LogP) is 1.99. The molecule has 9 heteroatoms. The number of benzene rings is 2. The zero-order chi connectivity index (χ0) is 21.5. The normalized spacial score (nSPS) is 14.5. The molecule has 154 valence electrons. The minimum Gasteiger partial charge on any atom is -0.507 e. The van der Waals surface area contributed by atoms with Gasteiger partial charge in [-0.05, 0) is 18.2 Å². The van der Waals surface area contributed by atoms with Crippen LogP contribution >= 0.6 is 0 Å². The van der Waals surface area contributed by atoms with Crippen LogP contribution in [0.1, 0.15) is 15.9 Å². The number of amides is 2. The van der Waals surface area contributed by atoms with Gasteiger partial charge in [0, 0.05) is 37.3 Å². The van der Waals surface area contributed by atoms with E-state index in [0.717, 1.165) is 12.1 Å². The first-order valence-corrected chi connectivity index (χ1v) is 9.26. The average Bonchev–Trinajstić information content (AvgIpc) is 2.76. The summed E-state index contributed by atoms with van der Waals surface area (Å²) in [4.78, 5) is 31.5. The number of carbonyl (C=O) groups excluding carboxylic acids is 2. The molecule has 8 nitrogen and oxygen atoms in total. The number of rotatable bonds is 5. The monoisotopic (exact) mass is 409 g/mol. The minimum absolute atomic E-state index is 0.102. The quantitative estimate of drug-likeness (QED) is 0.449. The zero-order valence-corrected chi connectivity index (χ0v) is 16.1. The van der Waals surface area contributed by atoms with Crippen LogP contribution in [0.15, 0.2) is 47.6 Å². The summed E-state index contributed by atoms with van der Waals surface area (Å²) in [5, 5.41) is 13.4. The molecule has 0 aliphatic carbocycles. The molecule has 0 aromatic heterocycles. The van der Waals surface area contributed by atoms with E-state index in [0.29, 0.717) is 37.4 Å². The molecule has 1 heterocycles. The van der Waals surface area contributed by atoms with Crippen LogP contribution in [-0.4, -0.2) is 65.7 Å². The van der Waals surface area contributed by atoms with Crippen molar-refractivity contribution in [3.63, 3.8) is 0 Å². The van der Waals surface area contributed by atoms with Gasteiger partial charge in [-0.25, -0.2) is 14.7 Å². The van der Waals surface area contributed by atoms with Gasteiger partial charge in [-0.3, -0.25) is 14.5 Å². The number of hydrazone groups is 1. The SMILES string of the molecule is [C-]#[N+]c1ccc(C(=O)N2CCN(CC(=O)N/N=C\c3cc(F)ccc3O)CC2)cc1. The molecule has 0 saturated carbocycles. The van der Waals surface area contributed by atoms with Crippen molar-refractivity contribution in [2.24, 2.45) is 5.10 Å². The van der Waals surface area contributed by atoms with Crippen molar-refractivity contribution in [3.8, 4) is 5.75 Å². The number of phenolic OH excluding ortho intramolecular Hbond substituents is 1. The molecule has 2 N–H and O–H groups in total. The van der Waals surface area contributed by atoms with E-state index in [9.17, 15) is 19.1 Å². The summed E-state index contributed by atoms with van der Waals surface area (Å²) >= 11 is 0. The lowest BCUT2D eigenvalue weighted by Crippen LogP contribution is -2.50. The second-order valence-corrected chi connectivity index (χ2v) is 6.72. The van der Waals surface area contributed by atoms with E-state index in [-0.39, 0.29) is 29.7 Å². The van der Waals surface area contributed by atoms with E-state index in [2.05, 4.69) is 15.4 Å². The number of hydrogen-bond acceptors (Lipinski definition) is 5. The summed E-state index contributed by atoms with van der Waals surface area (Å²) in [5.41, 5.74) is 3.52. The third-order valence-electron chi connectivity index (χ3n) is 4.65. The number of nitrogens with one attached hydrogen (secondary N) is 1. The highest BCUT2D eigenvalue weighted by Crippen LogP contribution is 2.16. The summed E-state index contributed by atoms with van der Waals surface area (Å²) in [6.07, 6.45) is 1.17. The van der Waals surface area contributed by atoms with Crippen molar-refractivity contribution in [1.82, 2.24) is 15.2 Å². The third kappa shape index (κ3) is 5.40. The molecule has 0 bridgehead atoms. The zero-order valence-electron chi connectivity index (χ0n) is 16.1. The van der Waals surface area contributed by atoms with Gasteiger partial charge in [0.1, 0.15) is 11.6 Å². The Balaban J connectivity index is 1.45. The van der Waals surface area contributed by atoms with Crippen molar-refractivity contribution in [1.29, 1.82) is 0 Å². The lowest BCUT2D eigenvalue weighted by molar-refractivity contribution is -0.122. The Kier molecular flexibility index (Phi) is 6.72. The summed E-state index contributed by atoms with van der Waals surface area (Å²) in [7, 11) is 0. The van der Waals surface area contributed by atoms with Crippen LogP contribution in [0.2, 0.25) is 0 Å². The molecule has 0 unspecified atom stereocenters. The maximum atomic E-state index is 13.2. The molecule has 0 atom stereocenters. The van der Waals surface area contributed by atoms with E-state index in [4.69, 9.17) is 6.57 Å². The minimum atomic E-state index is -0.518. The first kappa shape index (κ1) is 21.0. The Morgan fingerprint density at radius 1 is 1.17 bits per heavy atom. The molecule has 1 aliphatic rings. The number of aromatic hydroxyl groups is 1. The van der Waals surface area contributed by atoms with Crippen LogP contribution in [0.25, 0.3) is 4.85 Å². The summed E-state index contributed by atoms with van der Waals surface area (Å²) in [6, 6.07) is 9.96. The van der Waals surface area contributed by atoms with Gasteiger partial charge in [0.2, 0.25) is 0 Å². The first-order valence-electron chi connectivity index (χ1n) is 9.26. The van der Waals surface area contributed by atoms with Crippen molar-refractivity contribution in [2.75, 3.05) is 32.7 Å². The second kappa shape index (κ2) is 9.62. The Bertz CT molecular complexity index is 993. The van der Waals surface area contributed by atoms with Crippen molar-refractivity contribution >= 4 is 23.7 Å². The van der Waals surface area contributed by atoms with Gasteiger partial charge in [0.05, 0.1) is 19.3 Å². The molecule has 2 amide bonds. The highest BCUT2D eigenvalue weighted by molar-refractivity contribution is 5.94. The summed E-state index contributed by atoms with van der Waals surface area (Å²) in [6.45, 7) is 9.10. The number of hydrogen-bond donors (Lipinski definition) is 2. The molecule has 0 radical (unpaired) electrons. The van der Waals surface area contributed by atoms with Gasteiger partial charge in [-0.2, -0.15) is 5.10 Å². The highest BCUT2D eigenvalue weighted by Gasteiger charge is 2.23.